The van der Waals surface area contributed by atoms with Gasteiger partial charge in [-0.15, -0.1) is 0 Å². The smallest absolute Gasteiger partial charge is 0.226 e. The summed E-state index contributed by atoms with van der Waals surface area (Å²) in [5.41, 5.74) is 1.34. The third-order valence-corrected chi connectivity index (χ3v) is 4.48. The topological polar surface area (TPSA) is 64.0 Å². The lowest BCUT2D eigenvalue weighted by atomic mass is 10.1. The minimum absolute atomic E-state index is 0.0348. The Morgan fingerprint density at radius 3 is 2.58 bits per heavy atom. The minimum Gasteiger partial charge on any atom is -0.326 e. The fourth-order valence-electron chi connectivity index (χ4n) is 2.09. The molecule has 1 aromatic carbocycles. The van der Waals surface area contributed by atoms with Crippen molar-refractivity contribution in [2.75, 3.05) is 11.1 Å². The predicted molar refractivity (Wildman–Crippen MR) is 97.5 cm³/mol. The number of carbonyl (C=O) groups is 2. The molecular formula is C18H23N3O2S. The normalized spacial score (nSPS) is 10.8. The number of amides is 1. The summed E-state index contributed by atoms with van der Waals surface area (Å²) >= 11 is 1.45. The summed E-state index contributed by atoms with van der Waals surface area (Å²) in [7, 11) is 0. The van der Waals surface area contributed by atoms with Crippen molar-refractivity contribution in [1.29, 1.82) is 0 Å². The third kappa shape index (κ3) is 4.96. The fourth-order valence-corrected chi connectivity index (χ4v) is 2.97. The maximum atomic E-state index is 12.3. The van der Waals surface area contributed by atoms with E-state index in [-0.39, 0.29) is 17.6 Å². The van der Waals surface area contributed by atoms with Crippen molar-refractivity contribution < 1.29 is 9.59 Å². The zero-order valence-corrected chi connectivity index (χ0v) is 15.1. The van der Waals surface area contributed by atoms with Crippen LogP contribution in [0, 0.1) is 5.92 Å². The monoisotopic (exact) mass is 345 g/mol. The van der Waals surface area contributed by atoms with E-state index in [0.717, 1.165) is 18.1 Å². The summed E-state index contributed by atoms with van der Waals surface area (Å²) in [6, 6.07) is 7.02. The van der Waals surface area contributed by atoms with Crippen LogP contribution in [0.3, 0.4) is 0 Å². The molecule has 0 aliphatic carbocycles. The quantitative estimate of drug-likeness (QED) is 0.583. The first-order valence-corrected chi connectivity index (χ1v) is 9.08. The van der Waals surface area contributed by atoms with Crippen LogP contribution in [-0.2, 0) is 11.3 Å². The molecule has 0 atom stereocenters. The van der Waals surface area contributed by atoms with Gasteiger partial charge in [-0.05, 0) is 30.7 Å². The summed E-state index contributed by atoms with van der Waals surface area (Å²) in [5, 5.41) is 3.68. The van der Waals surface area contributed by atoms with E-state index in [4.69, 9.17) is 0 Å². The number of ketones is 1. The van der Waals surface area contributed by atoms with Crippen molar-refractivity contribution in [1.82, 2.24) is 9.55 Å². The largest absolute Gasteiger partial charge is 0.326 e. The zero-order valence-electron chi connectivity index (χ0n) is 14.3. The highest BCUT2D eigenvalue weighted by Gasteiger charge is 2.11. The molecule has 0 bridgehead atoms. The Morgan fingerprint density at radius 2 is 1.96 bits per heavy atom. The summed E-state index contributed by atoms with van der Waals surface area (Å²) < 4.78 is 2.06. The zero-order chi connectivity index (χ0) is 17.5. The molecule has 128 valence electrons. The van der Waals surface area contributed by atoms with Crippen LogP contribution in [0.2, 0.25) is 0 Å². The number of carbonyl (C=O) groups excluding carboxylic acids is 2. The van der Waals surface area contributed by atoms with E-state index < -0.39 is 0 Å². The highest BCUT2D eigenvalue weighted by atomic mass is 32.2. The van der Waals surface area contributed by atoms with Gasteiger partial charge in [0.1, 0.15) is 0 Å². The summed E-state index contributed by atoms with van der Waals surface area (Å²) in [5.74, 6) is 0.285. The van der Waals surface area contributed by atoms with Crippen LogP contribution < -0.4 is 5.32 Å². The van der Waals surface area contributed by atoms with Gasteiger partial charge < -0.3 is 9.88 Å². The molecule has 1 amide bonds. The molecular weight excluding hydrogens is 322 g/mol. The maximum absolute atomic E-state index is 12.3. The van der Waals surface area contributed by atoms with Gasteiger partial charge >= 0.3 is 0 Å². The lowest BCUT2D eigenvalue weighted by molar-refractivity contribution is -0.118. The Morgan fingerprint density at radius 1 is 1.25 bits per heavy atom. The van der Waals surface area contributed by atoms with Crippen LogP contribution in [0.15, 0.2) is 41.8 Å². The molecule has 0 aliphatic heterocycles. The Bertz CT molecular complexity index is 693. The Balaban J connectivity index is 1.93. The van der Waals surface area contributed by atoms with Crippen LogP contribution in [0.1, 0.15) is 37.6 Å². The third-order valence-electron chi connectivity index (χ3n) is 3.47. The highest BCUT2D eigenvalue weighted by molar-refractivity contribution is 7.99. The first-order valence-electron chi connectivity index (χ1n) is 8.09. The second-order valence-electron chi connectivity index (χ2n) is 5.84. The van der Waals surface area contributed by atoms with E-state index in [1.54, 1.807) is 30.5 Å². The van der Waals surface area contributed by atoms with Gasteiger partial charge in [0.2, 0.25) is 5.91 Å². The van der Waals surface area contributed by atoms with Crippen LogP contribution in [0.5, 0.6) is 0 Å². The highest BCUT2D eigenvalue weighted by Crippen LogP contribution is 2.19. The number of Topliss-reactive ketones (excluding diaryl/α,β-unsaturated/α-hetero) is 1. The molecule has 1 aromatic heterocycles. The van der Waals surface area contributed by atoms with Crippen LogP contribution >= 0.6 is 11.8 Å². The summed E-state index contributed by atoms with van der Waals surface area (Å²) in [6.45, 7) is 6.69. The second-order valence-corrected chi connectivity index (χ2v) is 6.78. The fraction of sp³-hybridized carbons (Fsp3) is 0.389. The number of aryl methyl sites for hydroxylation is 1. The number of hydrogen-bond donors (Lipinski definition) is 1. The molecule has 0 saturated carbocycles. The van der Waals surface area contributed by atoms with E-state index in [1.807, 2.05) is 20.0 Å². The van der Waals surface area contributed by atoms with Gasteiger partial charge in [0.15, 0.2) is 10.9 Å². The Kier molecular flexibility index (Phi) is 6.61. The first-order chi connectivity index (χ1) is 11.5. The first kappa shape index (κ1) is 18.3. The average molecular weight is 345 g/mol. The van der Waals surface area contributed by atoms with Gasteiger partial charge in [0.05, 0.1) is 5.75 Å². The molecule has 0 radical (unpaired) electrons. The van der Waals surface area contributed by atoms with Crippen LogP contribution in [0.4, 0.5) is 5.69 Å². The van der Waals surface area contributed by atoms with Crippen molar-refractivity contribution in [3.63, 3.8) is 0 Å². The van der Waals surface area contributed by atoms with Crippen molar-refractivity contribution >= 4 is 29.1 Å². The second kappa shape index (κ2) is 8.68. The number of aromatic nitrogens is 2. The van der Waals surface area contributed by atoms with Crippen molar-refractivity contribution in [2.45, 2.75) is 38.9 Å². The number of imidazole rings is 1. The Labute approximate surface area is 146 Å². The van der Waals surface area contributed by atoms with Crippen molar-refractivity contribution in [3.05, 3.63) is 42.2 Å². The van der Waals surface area contributed by atoms with Gasteiger partial charge in [-0.1, -0.05) is 32.5 Å². The standard InChI is InChI=1S/C18H23N3O2S/c1-4-10-21-11-9-19-18(21)24-12-16(22)14-5-7-15(8-6-14)20-17(23)13(2)3/h5-9,11,13H,4,10,12H2,1-3H3,(H,20,23). The summed E-state index contributed by atoms with van der Waals surface area (Å²) in [6.07, 6.45) is 4.72. The lowest BCUT2D eigenvalue weighted by Crippen LogP contribution is -2.17. The number of benzene rings is 1. The number of rotatable bonds is 8. The summed E-state index contributed by atoms with van der Waals surface area (Å²) in [4.78, 5) is 28.3. The molecule has 0 fully saturated rings. The molecule has 2 rings (SSSR count). The van der Waals surface area contributed by atoms with Gasteiger partial charge in [-0.3, -0.25) is 9.59 Å². The Hall–Kier alpha value is -2.08. The number of hydrogen-bond acceptors (Lipinski definition) is 4. The molecule has 6 heteroatoms. The number of nitrogens with one attached hydrogen (secondary N) is 1. The van der Waals surface area contributed by atoms with Gasteiger partial charge in [0, 0.05) is 36.1 Å². The van der Waals surface area contributed by atoms with Crippen molar-refractivity contribution in [2.24, 2.45) is 5.92 Å². The SMILES string of the molecule is CCCn1ccnc1SCC(=O)c1ccc(NC(=O)C(C)C)cc1. The molecule has 0 saturated heterocycles. The van der Waals surface area contributed by atoms with Gasteiger partial charge in [-0.25, -0.2) is 4.98 Å². The maximum Gasteiger partial charge on any atom is 0.226 e. The molecule has 24 heavy (non-hydrogen) atoms. The van der Waals surface area contributed by atoms with E-state index in [2.05, 4.69) is 21.8 Å². The number of anilines is 1. The number of nitrogens with zero attached hydrogens (tertiary/aromatic N) is 2. The molecule has 1 heterocycles. The molecule has 2 aromatic rings. The predicted octanol–water partition coefficient (Wildman–Crippen LogP) is 3.86. The van der Waals surface area contributed by atoms with E-state index in [0.29, 0.717) is 17.0 Å². The minimum atomic E-state index is -0.0745. The lowest BCUT2D eigenvalue weighted by Gasteiger charge is -2.08. The average Bonchev–Trinajstić information content (AvgIpc) is 3.01. The van der Waals surface area contributed by atoms with Crippen LogP contribution in [0.25, 0.3) is 0 Å². The molecule has 0 unspecified atom stereocenters. The van der Waals surface area contributed by atoms with E-state index >= 15 is 0 Å². The number of thioether (sulfide) groups is 1. The molecule has 0 spiro atoms. The van der Waals surface area contributed by atoms with E-state index in [9.17, 15) is 9.59 Å². The van der Waals surface area contributed by atoms with Crippen LogP contribution in [-0.4, -0.2) is 27.0 Å². The van der Waals surface area contributed by atoms with Crippen molar-refractivity contribution in [3.8, 4) is 0 Å². The molecule has 1 N–H and O–H groups in total. The van der Waals surface area contributed by atoms with Gasteiger partial charge in [-0.2, -0.15) is 0 Å². The molecule has 5 nitrogen and oxygen atoms in total. The van der Waals surface area contributed by atoms with Gasteiger partial charge in [0.25, 0.3) is 0 Å². The van der Waals surface area contributed by atoms with E-state index in [1.165, 1.54) is 11.8 Å². The molecule has 0 aliphatic rings.